The standard InChI is InChI=1S/C17H13N3O3S/c1-10-12-6-2-3-7-13(12)22-14(10)16-19-20-17(23-16)15(21)18-9-11-5-4-8-24-11/h2-8H,9H2,1H3,(H,18,21). The lowest BCUT2D eigenvalue weighted by Crippen LogP contribution is -2.22. The minimum absolute atomic E-state index is 0.0820. The summed E-state index contributed by atoms with van der Waals surface area (Å²) in [6, 6.07) is 11.5. The predicted molar refractivity (Wildman–Crippen MR) is 89.7 cm³/mol. The van der Waals surface area contributed by atoms with Gasteiger partial charge in [-0.2, -0.15) is 0 Å². The van der Waals surface area contributed by atoms with Crippen molar-refractivity contribution in [3.8, 4) is 11.7 Å². The minimum atomic E-state index is -0.407. The third-order valence-corrected chi connectivity index (χ3v) is 4.54. The maximum atomic E-state index is 12.1. The van der Waals surface area contributed by atoms with Crippen LogP contribution in [0.25, 0.3) is 22.6 Å². The Bertz CT molecular complexity index is 1000. The fourth-order valence-electron chi connectivity index (χ4n) is 2.44. The quantitative estimate of drug-likeness (QED) is 0.612. The Morgan fingerprint density at radius 2 is 2.04 bits per heavy atom. The summed E-state index contributed by atoms with van der Waals surface area (Å²) < 4.78 is 11.3. The van der Waals surface area contributed by atoms with Crippen LogP contribution in [0.1, 0.15) is 21.1 Å². The average molecular weight is 339 g/mol. The summed E-state index contributed by atoms with van der Waals surface area (Å²) in [6.07, 6.45) is 0. The van der Waals surface area contributed by atoms with E-state index in [-0.39, 0.29) is 11.8 Å². The molecule has 0 saturated heterocycles. The highest BCUT2D eigenvalue weighted by Gasteiger charge is 2.21. The summed E-state index contributed by atoms with van der Waals surface area (Å²) in [5.41, 5.74) is 1.65. The minimum Gasteiger partial charge on any atom is -0.451 e. The average Bonchev–Trinajstić information content (AvgIpc) is 3.33. The molecule has 0 radical (unpaired) electrons. The molecular formula is C17H13N3O3S. The molecule has 0 aliphatic heterocycles. The van der Waals surface area contributed by atoms with Crippen molar-refractivity contribution in [1.29, 1.82) is 0 Å². The number of furan rings is 1. The van der Waals surface area contributed by atoms with E-state index < -0.39 is 5.91 Å². The lowest BCUT2D eigenvalue weighted by Gasteiger charge is -1.98. The molecule has 4 rings (SSSR count). The van der Waals surface area contributed by atoms with Gasteiger partial charge in [-0.05, 0) is 24.4 Å². The van der Waals surface area contributed by atoms with Gasteiger partial charge in [0.15, 0.2) is 5.76 Å². The van der Waals surface area contributed by atoms with Gasteiger partial charge in [0.25, 0.3) is 5.89 Å². The van der Waals surface area contributed by atoms with Crippen LogP contribution in [-0.4, -0.2) is 16.1 Å². The van der Waals surface area contributed by atoms with E-state index in [9.17, 15) is 4.79 Å². The molecule has 0 atom stereocenters. The molecule has 0 unspecified atom stereocenters. The van der Waals surface area contributed by atoms with Crippen molar-refractivity contribution in [3.63, 3.8) is 0 Å². The van der Waals surface area contributed by atoms with Gasteiger partial charge in [0.1, 0.15) is 5.58 Å². The zero-order valence-electron chi connectivity index (χ0n) is 12.8. The lowest BCUT2D eigenvalue weighted by molar-refractivity contribution is 0.0917. The van der Waals surface area contributed by atoms with E-state index in [4.69, 9.17) is 8.83 Å². The molecule has 3 heterocycles. The highest BCUT2D eigenvalue weighted by Crippen LogP contribution is 2.31. The van der Waals surface area contributed by atoms with Crippen LogP contribution >= 0.6 is 11.3 Å². The van der Waals surface area contributed by atoms with Crippen molar-refractivity contribution in [3.05, 3.63) is 58.1 Å². The molecule has 6 nitrogen and oxygen atoms in total. The topological polar surface area (TPSA) is 81.2 Å². The number of aromatic nitrogens is 2. The van der Waals surface area contributed by atoms with Gasteiger partial charge in [-0.3, -0.25) is 4.79 Å². The maximum absolute atomic E-state index is 12.1. The van der Waals surface area contributed by atoms with Crippen LogP contribution in [0.2, 0.25) is 0 Å². The van der Waals surface area contributed by atoms with Gasteiger partial charge >= 0.3 is 11.8 Å². The number of fused-ring (bicyclic) bond motifs is 1. The van der Waals surface area contributed by atoms with Crippen LogP contribution in [-0.2, 0) is 6.54 Å². The fourth-order valence-corrected chi connectivity index (χ4v) is 3.09. The van der Waals surface area contributed by atoms with Gasteiger partial charge in [-0.1, -0.05) is 24.3 Å². The molecule has 0 fully saturated rings. The molecule has 0 aliphatic carbocycles. The number of para-hydroxylation sites is 1. The number of aryl methyl sites for hydroxylation is 1. The monoisotopic (exact) mass is 339 g/mol. The van der Waals surface area contributed by atoms with Gasteiger partial charge in [-0.15, -0.1) is 21.5 Å². The number of nitrogens with one attached hydrogen (secondary N) is 1. The van der Waals surface area contributed by atoms with Crippen molar-refractivity contribution >= 4 is 28.2 Å². The number of carbonyl (C=O) groups is 1. The first-order valence-electron chi connectivity index (χ1n) is 7.35. The largest absolute Gasteiger partial charge is 0.451 e. The van der Waals surface area contributed by atoms with Gasteiger partial charge in [0.2, 0.25) is 0 Å². The molecule has 0 aliphatic rings. The first-order valence-corrected chi connectivity index (χ1v) is 8.23. The first kappa shape index (κ1) is 14.6. The highest BCUT2D eigenvalue weighted by atomic mass is 32.1. The second-order valence-electron chi connectivity index (χ2n) is 5.23. The molecule has 3 aromatic heterocycles. The van der Waals surface area contributed by atoms with Gasteiger partial charge in [-0.25, -0.2) is 0 Å². The third-order valence-electron chi connectivity index (χ3n) is 3.66. The molecule has 7 heteroatoms. The van der Waals surface area contributed by atoms with Crippen molar-refractivity contribution in [1.82, 2.24) is 15.5 Å². The third kappa shape index (κ3) is 2.59. The van der Waals surface area contributed by atoms with Crippen molar-refractivity contribution in [2.45, 2.75) is 13.5 Å². The van der Waals surface area contributed by atoms with Gasteiger partial charge in [0.05, 0.1) is 6.54 Å². The summed E-state index contributed by atoms with van der Waals surface area (Å²) in [7, 11) is 0. The molecule has 0 bridgehead atoms. The second kappa shape index (κ2) is 5.93. The molecule has 0 saturated carbocycles. The zero-order valence-corrected chi connectivity index (χ0v) is 13.6. The Morgan fingerprint density at radius 1 is 1.17 bits per heavy atom. The number of carbonyl (C=O) groups excluding carboxylic acids is 1. The van der Waals surface area contributed by atoms with E-state index in [0.717, 1.165) is 21.4 Å². The van der Waals surface area contributed by atoms with Crippen molar-refractivity contribution < 1.29 is 13.6 Å². The Kier molecular flexibility index (Phi) is 3.62. The molecule has 1 aromatic carbocycles. The van der Waals surface area contributed by atoms with Crippen LogP contribution in [0.5, 0.6) is 0 Å². The van der Waals surface area contributed by atoms with Crippen LogP contribution in [0.3, 0.4) is 0 Å². The zero-order chi connectivity index (χ0) is 16.5. The number of nitrogens with zero attached hydrogens (tertiary/aromatic N) is 2. The SMILES string of the molecule is Cc1c(-c2nnc(C(=O)NCc3cccs3)o2)oc2ccccc12. The Morgan fingerprint density at radius 3 is 2.83 bits per heavy atom. The Hall–Kier alpha value is -2.93. The Labute approximate surface area is 141 Å². The van der Waals surface area contributed by atoms with E-state index in [1.165, 1.54) is 0 Å². The number of rotatable bonds is 4. The highest BCUT2D eigenvalue weighted by molar-refractivity contribution is 7.09. The number of thiophene rings is 1. The number of benzene rings is 1. The number of hydrogen-bond donors (Lipinski definition) is 1. The molecule has 0 spiro atoms. The van der Waals surface area contributed by atoms with E-state index >= 15 is 0 Å². The molecule has 120 valence electrons. The van der Waals surface area contributed by atoms with Crippen LogP contribution in [0.15, 0.2) is 50.6 Å². The molecule has 24 heavy (non-hydrogen) atoms. The van der Waals surface area contributed by atoms with Crippen LogP contribution in [0.4, 0.5) is 0 Å². The fraction of sp³-hybridized carbons (Fsp3) is 0.118. The summed E-state index contributed by atoms with van der Waals surface area (Å²) in [5.74, 6) is 0.198. The summed E-state index contributed by atoms with van der Waals surface area (Å²) in [6.45, 7) is 2.35. The number of amides is 1. The van der Waals surface area contributed by atoms with E-state index in [2.05, 4.69) is 15.5 Å². The molecule has 1 N–H and O–H groups in total. The van der Waals surface area contributed by atoms with Gasteiger partial charge in [0, 0.05) is 15.8 Å². The summed E-state index contributed by atoms with van der Waals surface area (Å²) in [5, 5.41) is 13.4. The van der Waals surface area contributed by atoms with Crippen LogP contribution in [0, 0.1) is 6.92 Å². The lowest BCUT2D eigenvalue weighted by atomic mass is 10.1. The summed E-state index contributed by atoms with van der Waals surface area (Å²) in [4.78, 5) is 13.2. The number of hydrogen-bond acceptors (Lipinski definition) is 6. The van der Waals surface area contributed by atoms with Crippen LogP contribution < -0.4 is 5.32 Å². The molecule has 4 aromatic rings. The second-order valence-corrected chi connectivity index (χ2v) is 6.26. The van der Waals surface area contributed by atoms with Gasteiger partial charge < -0.3 is 14.2 Å². The van der Waals surface area contributed by atoms with E-state index in [0.29, 0.717) is 12.3 Å². The first-order chi connectivity index (χ1) is 11.7. The molecular weight excluding hydrogens is 326 g/mol. The van der Waals surface area contributed by atoms with Crippen molar-refractivity contribution in [2.75, 3.05) is 0 Å². The summed E-state index contributed by atoms with van der Waals surface area (Å²) >= 11 is 1.57. The van der Waals surface area contributed by atoms with Crippen molar-refractivity contribution in [2.24, 2.45) is 0 Å². The van der Waals surface area contributed by atoms with E-state index in [1.54, 1.807) is 11.3 Å². The molecule has 1 amide bonds. The normalized spacial score (nSPS) is 11.0. The van der Waals surface area contributed by atoms with E-state index in [1.807, 2.05) is 48.7 Å². The Balaban J connectivity index is 1.57. The maximum Gasteiger partial charge on any atom is 0.309 e. The smallest absolute Gasteiger partial charge is 0.309 e. The predicted octanol–water partition coefficient (Wildman–Crippen LogP) is 3.78.